The van der Waals surface area contributed by atoms with E-state index < -0.39 is 0 Å². The van der Waals surface area contributed by atoms with Gasteiger partial charge in [0.2, 0.25) is 0 Å². The summed E-state index contributed by atoms with van der Waals surface area (Å²) in [5, 5.41) is 0.201. The summed E-state index contributed by atoms with van der Waals surface area (Å²) in [5.74, 6) is 0.870. The summed E-state index contributed by atoms with van der Waals surface area (Å²) in [6.07, 6.45) is 0. The van der Waals surface area contributed by atoms with E-state index >= 15 is 0 Å². The first kappa shape index (κ1) is 18.6. The molecular weight excluding hydrogens is 181 g/mol. The molecule has 0 fully saturated rings. The number of carbonyl (C=O) groups is 1. The van der Waals surface area contributed by atoms with Crippen LogP contribution in [0.15, 0.2) is 0 Å². The maximum atomic E-state index is 11.1. The third-order valence-electron chi connectivity index (χ3n) is 1.29. The molecule has 0 N–H and O–H groups in total. The fourth-order valence-electron chi connectivity index (χ4n) is 0.697. The van der Waals surface area contributed by atoms with Crippen molar-refractivity contribution in [3.05, 3.63) is 0 Å². The van der Waals surface area contributed by atoms with Crippen LogP contribution in [0, 0.1) is 0 Å². The summed E-state index contributed by atoms with van der Waals surface area (Å²) in [6, 6.07) is 0. The molecule has 70 valence electrons. The van der Waals surface area contributed by atoms with Crippen LogP contribution in [0.3, 0.4) is 0 Å². The first-order valence-corrected chi connectivity index (χ1v) is 4.66. The molecule has 0 rings (SSSR count). The molecule has 0 bridgehead atoms. The fraction of sp³-hybridized carbons (Fsp3) is 0.875. The Kier molecular flexibility index (Phi) is 18.3. The first-order chi connectivity index (χ1) is 4.76. The zero-order valence-electron chi connectivity index (χ0n) is 8.89. The van der Waals surface area contributed by atoms with Crippen molar-refractivity contribution >= 4 is 17.0 Å². The molecule has 2 nitrogen and oxygen atoms in total. The average molecular weight is 201 g/mol. The Hall–Kier alpha value is 0.820. The van der Waals surface area contributed by atoms with E-state index in [1.807, 2.05) is 25.7 Å². The molecular formula is C8H20NNaOS. The van der Waals surface area contributed by atoms with Crippen molar-refractivity contribution in [3.8, 4) is 0 Å². The summed E-state index contributed by atoms with van der Waals surface area (Å²) in [6.45, 7) is 7.63. The zero-order valence-corrected chi connectivity index (χ0v) is 10.7. The van der Waals surface area contributed by atoms with Gasteiger partial charge in [-0.2, -0.15) is 0 Å². The number of amides is 1. The summed E-state index contributed by atoms with van der Waals surface area (Å²) >= 11 is 1.38. The topological polar surface area (TPSA) is 20.3 Å². The Morgan fingerprint density at radius 3 is 2.00 bits per heavy atom. The minimum absolute atomic E-state index is 0. The van der Waals surface area contributed by atoms with Crippen molar-refractivity contribution in [2.24, 2.45) is 0 Å². The Morgan fingerprint density at radius 2 is 1.75 bits per heavy atom. The molecule has 4 heteroatoms. The van der Waals surface area contributed by atoms with Crippen molar-refractivity contribution in [3.63, 3.8) is 0 Å². The van der Waals surface area contributed by atoms with Gasteiger partial charge in [-0.1, -0.05) is 26.1 Å². The molecule has 0 saturated carbocycles. The minimum Gasteiger partial charge on any atom is -1.00 e. The maximum Gasteiger partial charge on any atom is 1.00 e. The van der Waals surface area contributed by atoms with Gasteiger partial charge in [-0.15, -0.1) is 0 Å². The van der Waals surface area contributed by atoms with E-state index in [1.54, 1.807) is 0 Å². The van der Waals surface area contributed by atoms with Crippen LogP contribution in [0.5, 0.6) is 0 Å². The summed E-state index contributed by atoms with van der Waals surface area (Å²) in [7, 11) is 0. The molecule has 0 aromatic carbocycles. The van der Waals surface area contributed by atoms with E-state index in [4.69, 9.17) is 0 Å². The molecule has 0 spiro atoms. The number of rotatable bonds is 3. The molecule has 12 heavy (non-hydrogen) atoms. The van der Waals surface area contributed by atoms with Crippen molar-refractivity contribution in [2.45, 2.75) is 28.2 Å². The summed E-state index contributed by atoms with van der Waals surface area (Å²) in [4.78, 5) is 12.9. The van der Waals surface area contributed by atoms with Crippen molar-refractivity contribution in [1.29, 1.82) is 0 Å². The molecule has 0 aliphatic rings. The predicted molar refractivity (Wildman–Crippen MR) is 54.3 cm³/mol. The van der Waals surface area contributed by atoms with Crippen LogP contribution in [0.25, 0.3) is 0 Å². The zero-order chi connectivity index (χ0) is 7.98. The number of carbonyl (C=O) groups excluding carboxylic acids is 1. The Bertz CT molecular complexity index is 112. The van der Waals surface area contributed by atoms with Crippen LogP contribution in [-0.2, 0) is 0 Å². The van der Waals surface area contributed by atoms with Crippen LogP contribution in [-0.4, -0.2) is 29.0 Å². The van der Waals surface area contributed by atoms with Crippen molar-refractivity contribution in [2.75, 3.05) is 18.8 Å². The van der Waals surface area contributed by atoms with Crippen molar-refractivity contribution < 1.29 is 35.8 Å². The van der Waals surface area contributed by atoms with Crippen LogP contribution < -0.4 is 29.6 Å². The van der Waals surface area contributed by atoms with Gasteiger partial charge in [0.15, 0.2) is 0 Å². The Morgan fingerprint density at radius 1 is 1.33 bits per heavy atom. The third kappa shape index (κ3) is 7.47. The first-order valence-electron chi connectivity index (χ1n) is 3.67. The second-order valence-electron chi connectivity index (χ2n) is 1.87. The standard InChI is InChI=1S/C7H15NOS.CH4.Na.H/c1-4-8(5-2)7(9)10-6-3;;;/h4-6H2,1-3H3;1H4;;/q;;+1;-1. The number of hydrogen-bond acceptors (Lipinski definition) is 2. The Balaban J connectivity index is -0.000000135. The molecule has 0 aromatic rings. The average Bonchev–Trinajstić information content (AvgIpc) is 1.91. The van der Waals surface area contributed by atoms with Gasteiger partial charge < -0.3 is 6.33 Å². The van der Waals surface area contributed by atoms with Gasteiger partial charge in [-0.3, -0.25) is 4.79 Å². The van der Waals surface area contributed by atoms with E-state index in [0.29, 0.717) is 0 Å². The molecule has 0 unspecified atom stereocenters. The minimum atomic E-state index is 0. The molecule has 0 aromatic heterocycles. The largest absolute Gasteiger partial charge is 1.00 e. The SMILES string of the molecule is C.CCSC(=O)N(CC)CC.[H-].[Na+]. The van der Waals surface area contributed by atoms with Crippen LogP contribution in [0.2, 0.25) is 0 Å². The van der Waals surface area contributed by atoms with Gasteiger partial charge in [0.25, 0.3) is 5.24 Å². The predicted octanol–water partition coefficient (Wildman–Crippen LogP) is -0.0461. The fourth-order valence-corrected chi connectivity index (χ4v) is 1.38. The van der Waals surface area contributed by atoms with E-state index in [1.165, 1.54) is 11.8 Å². The maximum absolute atomic E-state index is 11.1. The number of thioether (sulfide) groups is 1. The van der Waals surface area contributed by atoms with Crippen LogP contribution >= 0.6 is 11.8 Å². The molecule has 0 aliphatic heterocycles. The van der Waals surface area contributed by atoms with Crippen LogP contribution in [0.4, 0.5) is 4.79 Å². The molecule has 1 amide bonds. The molecule has 0 aliphatic carbocycles. The smallest absolute Gasteiger partial charge is 1.00 e. The molecule has 0 radical (unpaired) electrons. The van der Waals surface area contributed by atoms with Gasteiger partial charge in [-0.05, 0) is 19.6 Å². The van der Waals surface area contributed by atoms with Crippen molar-refractivity contribution in [1.82, 2.24) is 4.90 Å². The Labute approximate surface area is 104 Å². The van der Waals surface area contributed by atoms with E-state index in [9.17, 15) is 4.79 Å². The van der Waals surface area contributed by atoms with Crippen LogP contribution in [0.1, 0.15) is 29.6 Å². The summed E-state index contributed by atoms with van der Waals surface area (Å²) < 4.78 is 0. The van der Waals surface area contributed by atoms with E-state index in [0.717, 1.165) is 18.8 Å². The summed E-state index contributed by atoms with van der Waals surface area (Å²) in [5.41, 5.74) is 0. The van der Waals surface area contributed by atoms with Gasteiger partial charge in [-0.25, -0.2) is 0 Å². The van der Waals surface area contributed by atoms with E-state index in [2.05, 4.69) is 0 Å². The van der Waals surface area contributed by atoms with Gasteiger partial charge >= 0.3 is 29.6 Å². The third-order valence-corrected chi connectivity index (χ3v) is 2.08. The van der Waals surface area contributed by atoms with Gasteiger partial charge in [0.1, 0.15) is 0 Å². The molecule has 0 saturated heterocycles. The number of nitrogens with zero attached hydrogens (tertiary/aromatic N) is 1. The second kappa shape index (κ2) is 11.8. The van der Waals surface area contributed by atoms with Gasteiger partial charge in [0.05, 0.1) is 0 Å². The van der Waals surface area contributed by atoms with E-state index in [-0.39, 0.29) is 43.6 Å². The van der Waals surface area contributed by atoms with Gasteiger partial charge in [0, 0.05) is 13.1 Å². The second-order valence-corrected chi connectivity index (χ2v) is 3.09. The normalized spacial score (nSPS) is 7.92. The quantitative estimate of drug-likeness (QED) is 0.597. The molecule has 0 heterocycles. The number of hydrogen-bond donors (Lipinski definition) is 0. The monoisotopic (exact) mass is 201 g/mol. The molecule has 0 atom stereocenters.